The van der Waals surface area contributed by atoms with Crippen molar-refractivity contribution < 1.29 is 19.1 Å². The fourth-order valence-electron chi connectivity index (χ4n) is 1.57. The van der Waals surface area contributed by atoms with Crippen molar-refractivity contribution in [3.63, 3.8) is 0 Å². The van der Waals surface area contributed by atoms with E-state index in [1.165, 1.54) is 12.1 Å². The van der Waals surface area contributed by atoms with Gasteiger partial charge in [-0.1, -0.05) is 17.7 Å². The summed E-state index contributed by atoms with van der Waals surface area (Å²) in [6.45, 7) is 2.08. The number of rotatable bonds is 4. The van der Waals surface area contributed by atoms with Crippen LogP contribution in [0.5, 0.6) is 0 Å². The molecule has 0 unspecified atom stereocenters. The number of anilines is 1. The molecule has 0 atom stereocenters. The number of aryl methyl sites for hydroxylation is 1. The Labute approximate surface area is 115 Å². The van der Waals surface area contributed by atoms with Gasteiger partial charge in [0.25, 0.3) is 0 Å². The Morgan fingerprint density at radius 2 is 1.85 bits per heavy atom. The molecule has 1 heterocycles. The van der Waals surface area contributed by atoms with Crippen molar-refractivity contribution in [1.82, 2.24) is 5.32 Å². The lowest BCUT2D eigenvalue weighted by atomic mass is 10.2. The summed E-state index contributed by atoms with van der Waals surface area (Å²) in [6.07, 6.45) is 0. The molecule has 0 aliphatic rings. The number of hydrogen-bond donors (Lipinski definition) is 3. The van der Waals surface area contributed by atoms with Crippen LogP contribution in [0.3, 0.4) is 0 Å². The van der Waals surface area contributed by atoms with Gasteiger partial charge in [-0.15, -0.1) is 0 Å². The third kappa shape index (κ3) is 3.61. The number of nitrogens with one attached hydrogen (secondary N) is 2. The molecule has 0 saturated carbocycles. The second kappa shape index (κ2) is 5.92. The van der Waals surface area contributed by atoms with Crippen molar-refractivity contribution in [2.75, 3.05) is 5.32 Å². The van der Waals surface area contributed by atoms with Gasteiger partial charge >= 0.3 is 12.0 Å². The van der Waals surface area contributed by atoms with E-state index in [1.807, 2.05) is 19.1 Å². The van der Waals surface area contributed by atoms with Gasteiger partial charge in [-0.3, -0.25) is 0 Å². The van der Waals surface area contributed by atoms with Crippen LogP contribution in [-0.4, -0.2) is 17.1 Å². The zero-order chi connectivity index (χ0) is 14.5. The molecular formula is C14H14N2O4. The van der Waals surface area contributed by atoms with E-state index >= 15 is 0 Å². The van der Waals surface area contributed by atoms with E-state index in [0.717, 1.165) is 5.56 Å². The third-order valence-electron chi connectivity index (χ3n) is 2.61. The molecule has 3 N–H and O–H groups in total. The van der Waals surface area contributed by atoms with Crippen LogP contribution in [0.4, 0.5) is 10.5 Å². The number of carbonyl (C=O) groups is 2. The highest BCUT2D eigenvalue weighted by atomic mass is 16.4. The standard InChI is InChI=1S/C14H14N2O4/c1-9-2-4-10(5-3-9)16-14(19)15-8-11-6-7-12(20-11)13(17)18/h2-7H,8H2,1H3,(H,17,18)(H2,15,16,19). The van der Waals surface area contributed by atoms with Crippen molar-refractivity contribution >= 4 is 17.7 Å². The van der Waals surface area contributed by atoms with Crippen LogP contribution in [0.25, 0.3) is 0 Å². The number of carboxylic acids is 1. The van der Waals surface area contributed by atoms with E-state index in [0.29, 0.717) is 11.4 Å². The van der Waals surface area contributed by atoms with E-state index in [9.17, 15) is 9.59 Å². The van der Waals surface area contributed by atoms with Crippen LogP contribution >= 0.6 is 0 Å². The maximum absolute atomic E-state index is 11.6. The molecule has 0 aliphatic heterocycles. The SMILES string of the molecule is Cc1ccc(NC(=O)NCc2ccc(C(=O)O)o2)cc1. The van der Waals surface area contributed by atoms with Crippen LogP contribution in [0.2, 0.25) is 0 Å². The smallest absolute Gasteiger partial charge is 0.371 e. The summed E-state index contributed by atoms with van der Waals surface area (Å²) in [6, 6.07) is 9.84. The Morgan fingerprint density at radius 1 is 1.15 bits per heavy atom. The molecular weight excluding hydrogens is 260 g/mol. The van der Waals surface area contributed by atoms with Crippen molar-refractivity contribution in [3.8, 4) is 0 Å². The summed E-state index contributed by atoms with van der Waals surface area (Å²) >= 11 is 0. The maximum Gasteiger partial charge on any atom is 0.371 e. The van der Waals surface area contributed by atoms with Gasteiger partial charge in [0.05, 0.1) is 6.54 Å². The minimum Gasteiger partial charge on any atom is -0.475 e. The molecule has 0 fully saturated rings. The first-order chi connectivity index (χ1) is 9.54. The lowest BCUT2D eigenvalue weighted by Crippen LogP contribution is -2.27. The molecule has 1 aromatic heterocycles. The fraction of sp³-hybridized carbons (Fsp3) is 0.143. The molecule has 0 aliphatic carbocycles. The first-order valence-corrected chi connectivity index (χ1v) is 5.98. The Kier molecular flexibility index (Phi) is 4.05. The summed E-state index contributed by atoms with van der Waals surface area (Å²) in [5.41, 5.74) is 1.78. The van der Waals surface area contributed by atoms with Crippen LogP contribution in [0.1, 0.15) is 21.9 Å². The van der Waals surface area contributed by atoms with Gasteiger partial charge in [0.2, 0.25) is 5.76 Å². The summed E-state index contributed by atoms with van der Waals surface area (Å²) in [4.78, 5) is 22.3. The van der Waals surface area contributed by atoms with Crippen LogP contribution in [-0.2, 0) is 6.54 Å². The van der Waals surface area contributed by atoms with Crippen LogP contribution in [0.15, 0.2) is 40.8 Å². The molecule has 0 spiro atoms. The zero-order valence-electron chi connectivity index (χ0n) is 10.8. The molecule has 20 heavy (non-hydrogen) atoms. The molecule has 2 amide bonds. The molecule has 1 aromatic carbocycles. The van der Waals surface area contributed by atoms with Crippen LogP contribution in [0, 0.1) is 6.92 Å². The first-order valence-electron chi connectivity index (χ1n) is 5.98. The number of carbonyl (C=O) groups excluding carboxylic acids is 1. The molecule has 2 aromatic rings. The van der Waals surface area contributed by atoms with Crippen molar-refractivity contribution in [1.29, 1.82) is 0 Å². The molecule has 6 heteroatoms. The summed E-state index contributed by atoms with van der Waals surface area (Å²) in [5, 5.41) is 13.9. The Bertz CT molecular complexity index is 616. The lowest BCUT2D eigenvalue weighted by Gasteiger charge is -2.06. The molecule has 2 rings (SSSR count). The highest BCUT2D eigenvalue weighted by Gasteiger charge is 2.09. The van der Waals surface area contributed by atoms with Crippen LogP contribution < -0.4 is 10.6 Å². The second-order valence-electron chi connectivity index (χ2n) is 4.24. The van der Waals surface area contributed by atoms with Gasteiger partial charge in [-0.2, -0.15) is 0 Å². The number of amides is 2. The first kappa shape index (κ1) is 13.7. The van der Waals surface area contributed by atoms with E-state index in [4.69, 9.17) is 9.52 Å². The lowest BCUT2D eigenvalue weighted by molar-refractivity contribution is 0.0660. The number of hydrogen-bond acceptors (Lipinski definition) is 3. The predicted molar refractivity (Wildman–Crippen MR) is 72.7 cm³/mol. The van der Waals surface area contributed by atoms with Gasteiger partial charge in [0.1, 0.15) is 5.76 Å². The number of aromatic carboxylic acids is 1. The third-order valence-corrected chi connectivity index (χ3v) is 2.61. The van der Waals surface area contributed by atoms with E-state index in [1.54, 1.807) is 12.1 Å². The average Bonchev–Trinajstić information content (AvgIpc) is 2.88. The topological polar surface area (TPSA) is 91.6 Å². The average molecular weight is 274 g/mol. The van der Waals surface area contributed by atoms with Gasteiger partial charge in [-0.05, 0) is 31.2 Å². The maximum atomic E-state index is 11.6. The normalized spacial score (nSPS) is 10.1. The highest BCUT2D eigenvalue weighted by molar-refractivity contribution is 5.89. The number of carboxylic acid groups (broad SMARTS) is 1. The zero-order valence-corrected chi connectivity index (χ0v) is 10.8. The molecule has 104 valence electrons. The van der Waals surface area contributed by atoms with E-state index in [-0.39, 0.29) is 18.3 Å². The molecule has 0 radical (unpaired) electrons. The number of benzene rings is 1. The van der Waals surface area contributed by atoms with Crippen molar-refractivity contribution in [2.45, 2.75) is 13.5 Å². The van der Waals surface area contributed by atoms with Gasteiger partial charge in [0, 0.05) is 5.69 Å². The van der Waals surface area contributed by atoms with Crippen molar-refractivity contribution in [2.24, 2.45) is 0 Å². The minimum atomic E-state index is -1.14. The Balaban J connectivity index is 1.85. The van der Waals surface area contributed by atoms with Crippen molar-refractivity contribution in [3.05, 3.63) is 53.5 Å². The van der Waals surface area contributed by atoms with Gasteiger partial charge in [-0.25, -0.2) is 9.59 Å². The monoisotopic (exact) mass is 274 g/mol. The minimum absolute atomic E-state index is 0.116. The summed E-state index contributed by atoms with van der Waals surface area (Å²) in [7, 11) is 0. The second-order valence-corrected chi connectivity index (χ2v) is 4.24. The molecule has 6 nitrogen and oxygen atoms in total. The quantitative estimate of drug-likeness (QED) is 0.799. The number of furan rings is 1. The molecule has 0 bridgehead atoms. The van der Waals surface area contributed by atoms with Gasteiger partial charge < -0.3 is 20.2 Å². The summed E-state index contributed by atoms with van der Waals surface area (Å²) in [5.74, 6) is -0.914. The molecule has 0 saturated heterocycles. The largest absolute Gasteiger partial charge is 0.475 e. The van der Waals surface area contributed by atoms with Gasteiger partial charge in [0.15, 0.2) is 0 Å². The van der Waals surface area contributed by atoms with E-state index < -0.39 is 5.97 Å². The fourth-order valence-corrected chi connectivity index (χ4v) is 1.57. The number of urea groups is 1. The highest BCUT2D eigenvalue weighted by Crippen LogP contribution is 2.09. The predicted octanol–water partition coefficient (Wildman–Crippen LogP) is 2.61. The van der Waals surface area contributed by atoms with E-state index in [2.05, 4.69) is 10.6 Å². The Hall–Kier alpha value is -2.76. The Morgan fingerprint density at radius 3 is 2.45 bits per heavy atom. The summed E-state index contributed by atoms with van der Waals surface area (Å²) < 4.78 is 5.02.